The van der Waals surface area contributed by atoms with E-state index in [-0.39, 0.29) is 37.0 Å². The molecule has 2 aromatic rings. The van der Waals surface area contributed by atoms with Crippen molar-refractivity contribution in [3.63, 3.8) is 0 Å². The van der Waals surface area contributed by atoms with Gasteiger partial charge in [-0.15, -0.1) is 0 Å². The van der Waals surface area contributed by atoms with Gasteiger partial charge in [0, 0.05) is 41.2 Å². The molecule has 3 saturated carbocycles. The van der Waals surface area contributed by atoms with Gasteiger partial charge in [0.2, 0.25) is 5.91 Å². The summed E-state index contributed by atoms with van der Waals surface area (Å²) >= 11 is 0. The van der Waals surface area contributed by atoms with Gasteiger partial charge in [-0.2, -0.15) is 5.06 Å². The van der Waals surface area contributed by atoms with E-state index >= 15 is 0 Å². The average molecular weight is 693 g/mol. The Bertz CT molecular complexity index is 1470. The van der Waals surface area contributed by atoms with Crippen molar-refractivity contribution in [3.05, 3.63) is 53.6 Å². The van der Waals surface area contributed by atoms with Gasteiger partial charge in [0.05, 0.1) is 26.4 Å². The molecule has 0 spiro atoms. The summed E-state index contributed by atoms with van der Waals surface area (Å²) in [4.78, 5) is 35.6. The quantitative estimate of drug-likeness (QED) is 0.224. The van der Waals surface area contributed by atoms with Crippen molar-refractivity contribution in [1.29, 1.82) is 0 Å². The van der Waals surface area contributed by atoms with Gasteiger partial charge in [-0.1, -0.05) is 65.0 Å². The molecule has 1 aliphatic heterocycles. The maximum atomic E-state index is 14.1. The molecular weight excluding hydrogens is 632 g/mol. The Morgan fingerprint density at radius 2 is 1.80 bits per heavy atom. The summed E-state index contributed by atoms with van der Waals surface area (Å²) < 4.78 is 5.97. The SMILES string of the molecule is COc1c(CN2O[C@@H](CO)C(C(C)O)C2C(=O)NC2C[C@H]3C[C@@H]([C@@H]2C)C3(C)C)cccc1-c1ccc(C(=O)N[C@@H](CC(C)C)CN(C)C)cc1. The molecule has 3 aliphatic carbocycles. The van der Waals surface area contributed by atoms with Gasteiger partial charge in [-0.3, -0.25) is 14.4 Å². The van der Waals surface area contributed by atoms with E-state index in [0.29, 0.717) is 40.4 Å². The number of benzene rings is 2. The molecule has 1 saturated heterocycles. The highest BCUT2D eigenvalue weighted by Crippen LogP contribution is 2.61. The molecular formula is C40H60N4O6. The van der Waals surface area contributed by atoms with Gasteiger partial charge in [0.1, 0.15) is 17.9 Å². The second kappa shape index (κ2) is 15.7. The summed E-state index contributed by atoms with van der Waals surface area (Å²) in [6.45, 7) is 13.5. The lowest BCUT2D eigenvalue weighted by Gasteiger charge is -2.62. The third-order valence-corrected chi connectivity index (χ3v) is 11.8. The second-order valence-corrected chi connectivity index (χ2v) is 16.4. The summed E-state index contributed by atoms with van der Waals surface area (Å²) in [5.41, 5.74) is 3.40. The number of para-hydroxylation sites is 1. The van der Waals surface area contributed by atoms with Crippen molar-refractivity contribution in [2.75, 3.05) is 34.4 Å². The molecule has 276 valence electrons. The first-order valence-corrected chi connectivity index (χ1v) is 18.4. The molecule has 10 nitrogen and oxygen atoms in total. The van der Waals surface area contributed by atoms with E-state index in [4.69, 9.17) is 9.57 Å². The van der Waals surface area contributed by atoms with E-state index < -0.39 is 24.2 Å². The third kappa shape index (κ3) is 7.89. The molecule has 4 aliphatic rings. The summed E-state index contributed by atoms with van der Waals surface area (Å²) in [5, 5.41) is 29.3. The number of methoxy groups -OCH3 is 1. The smallest absolute Gasteiger partial charge is 0.251 e. The summed E-state index contributed by atoms with van der Waals surface area (Å²) in [5.74, 6) is 1.69. The van der Waals surface area contributed by atoms with E-state index in [2.05, 4.69) is 50.2 Å². The number of nitrogens with one attached hydrogen (secondary N) is 2. The highest BCUT2D eigenvalue weighted by molar-refractivity contribution is 5.95. The molecule has 0 aromatic heterocycles. The fraction of sp³-hybridized carbons (Fsp3) is 0.650. The number of rotatable bonds is 14. The topological polar surface area (TPSA) is 124 Å². The highest BCUT2D eigenvalue weighted by Gasteiger charge is 2.57. The van der Waals surface area contributed by atoms with E-state index in [1.165, 1.54) is 6.42 Å². The van der Waals surface area contributed by atoms with E-state index in [1.807, 2.05) is 56.6 Å². The maximum absolute atomic E-state index is 14.1. The number of fused-ring (bicyclic) bond motifs is 2. The number of nitrogens with zero attached hydrogens (tertiary/aromatic N) is 2. The molecule has 9 atom stereocenters. The molecule has 2 aromatic carbocycles. The standard InChI is InChI=1S/C40H60N4O6/c1-23(2)17-30(21-43(7)8)41-38(47)27-15-13-26(14-16-27)31-12-10-11-28(37(31)49-9)20-44-36(35(25(4)46)34(22-45)50-44)39(48)42-33-19-29-18-32(24(33)3)40(29,5)6/h10-16,23-25,29-30,32-36,45-46H,17-22H2,1-9H3,(H,41,47)(H,42,48)/t24-,25?,29+,30-,32-,33?,34-,35?,36?/m0/s1. The average Bonchev–Trinajstić information content (AvgIpc) is 3.43. The minimum atomic E-state index is -0.878. The van der Waals surface area contributed by atoms with E-state index in [0.717, 1.165) is 36.1 Å². The van der Waals surface area contributed by atoms with Crippen LogP contribution >= 0.6 is 0 Å². The molecule has 0 radical (unpaired) electrons. The molecule has 1 heterocycles. The second-order valence-electron chi connectivity index (χ2n) is 16.4. The van der Waals surface area contributed by atoms with Crippen molar-refractivity contribution >= 4 is 11.8 Å². The third-order valence-electron chi connectivity index (χ3n) is 11.8. The first kappa shape index (κ1) is 38.2. The van der Waals surface area contributed by atoms with Crippen LogP contribution in [0, 0.1) is 35.0 Å². The van der Waals surface area contributed by atoms with Crippen LogP contribution in [0.5, 0.6) is 5.75 Å². The monoisotopic (exact) mass is 692 g/mol. The van der Waals surface area contributed by atoms with Crippen LogP contribution in [-0.4, -0.2) is 96.7 Å². The molecule has 4 fully saturated rings. The number of likely N-dealkylation sites (N-methyl/N-ethyl adjacent to an activating group) is 1. The molecule has 2 bridgehead atoms. The van der Waals surface area contributed by atoms with Crippen LogP contribution in [0.2, 0.25) is 0 Å². The zero-order valence-corrected chi connectivity index (χ0v) is 31.5. The predicted molar refractivity (Wildman–Crippen MR) is 195 cm³/mol. The number of carbonyl (C=O) groups is 2. The number of amides is 2. The van der Waals surface area contributed by atoms with Crippen LogP contribution < -0.4 is 15.4 Å². The molecule has 2 amide bonds. The molecule has 4 unspecified atom stereocenters. The van der Waals surface area contributed by atoms with Crippen molar-refractivity contribution in [1.82, 2.24) is 20.6 Å². The number of carbonyl (C=O) groups excluding carboxylic acids is 2. The Hall–Kier alpha value is -3.02. The Kier molecular flexibility index (Phi) is 12.0. The summed E-state index contributed by atoms with van der Waals surface area (Å²) in [6.07, 6.45) is 1.44. The fourth-order valence-electron chi connectivity index (χ4n) is 9.09. The van der Waals surface area contributed by atoms with Crippen molar-refractivity contribution < 1.29 is 29.4 Å². The fourth-order valence-corrected chi connectivity index (χ4v) is 9.09. The number of hydroxylamine groups is 2. The lowest BCUT2D eigenvalue weighted by atomic mass is 9.45. The first-order valence-electron chi connectivity index (χ1n) is 18.4. The normalized spacial score (nSPS) is 28.6. The first-order chi connectivity index (χ1) is 23.7. The minimum absolute atomic E-state index is 0.0512. The number of hydrogen-bond acceptors (Lipinski definition) is 8. The highest BCUT2D eigenvalue weighted by atomic mass is 16.7. The van der Waals surface area contributed by atoms with Crippen LogP contribution in [0.4, 0.5) is 0 Å². The molecule has 6 rings (SSSR count). The number of aliphatic hydroxyl groups excluding tert-OH is 2. The Balaban J connectivity index is 1.35. The van der Waals surface area contributed by atoms with Gasteiger partial charge in [0.15, 0.2) is 0 Å². The summed E-state index contributed by atoms with van der Waals surface area (Å²) in [6, 6.07) is 12.7. The predicted octanol–water partition coefficient (Wildman–Crippen LogP) is 4.73. The van der Waals surface area contributed by atoms with E-state index in [1.54, 1.807) is 19.1 Å². The zero-order valence-electron chi connectivity index (χ0n) is 31.5. The van der Waals surface area contributed by atoms with Crippen molar-refractivity contribution in [3.8, 4) is 16.9 Å². The van der Waals surface area contributed by atoms with Crippen LogP contribution in [-0.2, 0) is 16.2 Å². The van der Waals surface area contributed by atoms with Crippen molar-refractivity contribution in [2.45, 2.75) is 97.7 Å². The minimum Gasteiger partial charge on any atom is -0.496 e. The van der Waals surface area contributed by atoms with Gasteiger partial charge < -0.3 is 30.5 Å². The van der Waals surface area contributed by atoms with Crippen LogP contribution in [0.25, 0.3) is 11.1 Å². The Morgan fingerprint density at radius 1 is 1.10 bits per heavy atom. The number of aliphatic hydroxyl groups is 2. The van der Waals surface area contributed by atoms with E-state index in [9.17, 15) is 19.8 Å². The van der Waals surface area contributed by atoms with Crippen molar-refractivity contribution in [2.24, 2.45) is 35.0 Å². The molecule has 50 heavy (non-hydrogen) atoms. The van der Waals surface area contributed by atoms with Gasteiger partial charge >= 0.3 is 0 Å². The lowest BCUT2D eigenvalue weighted by Crippen LogP contribution is -2.62. The van der Waals surface area contributed by atoms with Crippen LogP contribution in [0.3, 0.4) is 0 Å². The van der Waals surface area contributed by atoms with Gasteiger partial charge in [-0.05, 0) is 87.1 Å². The Labute approximate surface area is 298 Å². The molecule has 10 heteroatoms. The van der Waals surface area contributed by atoms with Gasteiger partial charge in [-0.25, -0.2) is 0 Å². The largest absolute Gasteiger partial charge is 0.496 e. The number of hydrogen-bond donors (Lipinski definition) is 4. The lowest BCUT2D eigenvalue weighted by molar-refractivity contribution is -0.183. The van der Waals surface area contributed by atoms with Crippen LogP contribution in [0.1, 0.15) is 76.7 Å². The maximum Gasteiger partial charge on any atom is 0.251 e. The summed E-state index contributed by atoms with van der Waals surface area (Å²) in [7, 11) is 5.64. The number of ether oxygens (including phenoxy) is 1. The molecule has 4 N–H and O–H groups in total. The van der Waals surface area contributed by atoms with Crippen LogP contribution in [0.15, 0.2) is 42.5 Å². The van der Waals surface area contributed by atoms with Gasteiger partial charge in [0.25, 0.3) is 5.91 Å². The Morgan fingerprint density at radius 3 is 2.36 bits per heavy atom. The zero-order chi connectivity index (χ0) is 36.5.